The van der Waals surface area contributed by atoms with Crippen molar-refractivity contribution in [3.8, 4) is 11.5 Å². The van der Waals surface area contributed by atoms with Gasteiger partial charge in [0.05, 0.1) is 19.4 Å². The fourth-order valence-electron chi connectivity index (χ4n) is 2.01. The van der Waals surface area contributed by atoms with Crippen molar-refractivity contribution < 1.29 is 14.3 Å². The van der Waals surface area contributed by atoms with Crippen molar-refractivity contribution >= 4 is 28.1 Å². The summed E-state index contributed by atoms with van der Waals surface area (Å²) in [6.45, 7) is 3.87. The van der Waals surface area contributed by atoms with Crippen molar-refractivity contribution in [3.63, 3.8) is 0 Å². The lowest BCUT2D eigenvalue weighted by Crippen LogP contribution is -2.17. The van der Waals surface area contributed by atoms with Crippen LogP contribution in [0.25, 0.3) is 0 Å². The molecule has 2 aromatic rings. The molecule has 0 aliphatic heterocycles. The number of benzene rings is 2. The van der Waals surface area contributed by atoms with Crippen LogP contribution in [0.4, 0.5) is 0 Å². The van der Waals surface area contributed by atoms with Crippen LogP contribution in [0.2, 0.25) is 0 Å². The Morgan fingerprint density at radius 2 is 2.00 bits per heavy atom. The molecule has 1 N–H and O–H groups in total. The molecule has 0 saturated heterocycles. The maximum Gasteiger partial charge on any atom is 0.271 e. The molecule has 0 saturated carbocycles. The zero-order valence-electron chi connectivity index (χ0n) is 13.7. The summed E-state index contributed by atoms with van der Waals surface area (Å²) in [5, 5.41) is 4.02. The van der Waals surface area contributed by atoms with Gasteiger partial charge in [-0.2, -0.15) is 5.10 Å². The molecule has 2 aromatic carbocycles. The van der Waals surface area contributed by atoms with Crippen LogP contribution in [0.5, 0.6) is 11.5 Å². The molecule has 0 unspecified atom stereocenters. The number of hydrazone groups is 1. The molecule has 0 aliphatic rings. The Morgan fingerprint density at radius 3 is 2.67 bits per heavy atom. The summed E-state index contributed by atoms with van der Waals surface area (Å²) in [5.74, 6) is 0.920. The summed E-state index contributed by atoms with van der Waals surface area (Å²) in [5.41, 5.74) is 3.75. The van der Waals surface area contributed by atoms with Gasteiger partial charge in [-0.25, -0.2) is 5.43 Å². The summed E-state index contributed by atoms with van der Waals surface area (Å²) < 4.78 is 11.9. The Balaban J connectivity index is 2.15. The van der Waals surface area contributed by atoms with Crippen LogP contribution in [-0.4, -0.2) is 25.3 Å². The molecular formula is C18H19BrN2O3. The average Bonchev–Trinajstić information content (AvgIpc) is 2.55. The van der Waals surface area contributed by atoms with Crippen LogP contribution in [0.3, 0.4) is 0 Å². The first-order valence-corrected chi connectivity index (χ1v) is 8.23. The molecular weight excluding hydrogens is 372 g/mol. The summed E-state index contributed by atoms with van der Waals surface area (Å²) >= 11 is 3.33. The fourth-order valence-corrected chi connectivity index (χ4v) is 2.41. The number of carbonyl (C=O) groups excluding carboxylic acids is 1. The Bertz CT molecular complexity index is 745. The van der Waals surface area contributed by atoms with Crippen molar-refractivity contribution in [1.29, 1.82) is 0 Å². The van der Waals surface area contributed by atoms with E-state index in [4.69, 9.17) is 9.47 Å². The number of ether oxygens (including phenoxy) is 2. The minimum Gasteiger partial charge on any atom is -0.493 e. The summed E-state index contributed by atoms with van der Waals surface area (Å²) in [6, 6.07) is 12.6. The van der Waals surface area contributed by atoms with Crippen molar-refractivity contribution in [1.82, 2.24) is 5.43 Å². The van der Waals surface area contributed by atoms with E-state index in [2.05, 4.69) is 26.5 Å². The zero-order chi connectivity index (χ0) is 17.5. The molecule has 0 aromatic heterocycles. The molecule has 24 heavy (non-hydrogen) atoms. The quantitative estimate of drug-likeness (QED) is 0.598. The third kappa shape index (κ3) is 4.83. The van der Waals surface area contributed by atoms with Gasteiger partial charge in [0, 0.05) is 15.6 Å². The topological polar surface area (TPSA) is 59.9 Å². The van der Waals surface area contributed by atoms with E-state index in [1.165, 1.54) is 6.21 Å². The van der Waals surface area contributed by atoms with Gasteiger partial charge in [-0.3, -0.25) is 4.79 Å². The van der Waals surface area contributed by atoms with Crippen molar-refractivity contribution in [3.05, 3.63) is 58.1 Å². The van der Waals surface area contributed by atoms with E-state index in [1.54, 1.807) is 25.3 Å². The van der Waals surface area contributed by atoms with Crippen LogP contribution < -0.4 is 14.9 Å². The molecule has 0 bridgehead atoms. The van der Waals surface area contributed by atoms with E-state index in [-0.39, 0.29) is 12.0 Å². The average molecular weight is 391 g/mol. The van der Waals surface area contributed by atoms with Gasteiger partial charge in [0.25, 0.3) is 5.91 Å². The molecule has 0 aliphatic carbocycles. The van der Waals surface area contributed by atoms with E-state index < -0.39 is 0 Å². The lowest BCUT2D eigenvalue weighted by molar-refractivity contribution is 0.0955. The minimum atomic E-state index is -0.290. The largest absolute Gasteiger partial charge is 0.493 e. The van der Waals surface area contributed by atoms with Crippen LogP contribution in [-0.2, 0) is 0 Å². The van der Waals surface area contributed by atoms with Gasteiger partial charge in [0.2, 0.25) is 0 Å². The predicted octanol–water partition coefficient (Wildman–Crippen LogP) is 4.01. The van der Waals surface area contributed by atoms with Gasteiger partial charge >= 0.3 is 0 Å². The number of rotatable bonds is 6. The lowest BCUT2D eigenvalue weighted by Gasteiger charge is -2.15. The Morgan fingerprint density at radius 1 is 1.25 bits per heavy atom. The second kappa shape index (κ2) is 8.49. The maximum atomic E-state index is 12.1. The molecule has 0 atom stereocenters. The predicted molar refractivity (Wildman–Crippen MR) is 98.0 cm³/mol. The normalized spacial score (nSPS) is 10.9. The molecule has 1 amide bonds. The molecule has 6 heteroatoms. The van der Waals surface area contributed by atoms with E-state index in [9.17, 15) is 4.79 Å². The van der Waals surface area contributed by atoms with Crippen LogP contribution in [0.1, 0.15) is 29.8 Å². The number of hydrogen-bond donors (Lipinski definition) is 1. The standard InChI is InChI=1S/C18H19BrN2O3/c1-12(2)24-17-14(7-5-9-16(17)23-3)11-20-21-18(22)13-6-4-8-15(19)10-13/h4-12H,1-3H3,(H,21,22)/b20-11-. The minimum absolute atomic E-state index is 0.00953. The molecule has 126 valence electrons. The number of amides is 1. The van der Waals surface area contributed by atoms with Crippen LogP contribution >= 0.6 is 15.9 Å². The maximum absolute atomic E-state index is 12.1. The highest BCUT2D eigenvalue weighted by molar-refractivity contribution is 9.10. The lowest BCUT2D eigenvalue weighted by atomic mass is 10.2. The fraction of sp³-hybridized carbons (Fsp3) is 0.222. The van der Waals surface area contributed by atoms with Gasteiger partial charge in [-0.15, -0.1) is 0 Å². The number of methoxy groups -OCH3 is 1. The Kier molecular flexibility index (Phi) is 6.37. The first-order chi connectivity index (χ1) is 11.5. The number of nitrogens with zero attached hydrogens (tertiary/aromatic N) is 1. The van der Waals surface area contributed by atoms with E-state index in [0.717, 1.165) is 10.0 Å². The Labute approximate surface area is 149 Å². The van der Waals surface area contributed by atoms with Gasteiger partial charge < -0.3 is 9.47 Å². The number of nitrogens with one attached hydrogen (secondary N) is 1. The van der Waals surface area contributed by atoms with Gasteiger partial charge in [0.15, 0.2) is 11.5 Å². The summed E-state index contributed by atoms with van der Waals surface area (Å²) in [4.78, 5) is 12.1. The number of halogens is 1. The molecule has 2 rings (SSSR count). The van der Waals surface area contributed by atoms with Gasteiger partial charge in [0.1, 0.15) is 0 Å². The van der Waals surface area contributed by atoms with Gasteiger partial charge in [-0.05, 0) is 44.2 Å². The monoisotopic (exact) mass is 390 g/mol. The van der Waals surface area contributed by atoms with E-state index >= 15 is 0 Å². The molecule has 0 radical (unpaired) electrons. The number of carbonyl (C=O) groups is 1. The second-order valence-electron chi connectivity index (χ2n) is 5.25. The van der Waals surface area contributed by atoms with Crippen LogP contribution in [0, 0.1) is 0 Å². The molecule has 0 heterocycles. The number of para-hydroxylation sites is 1. The van der Waals surface area contributed by atoms with E-state index in [0.29, 0.717) is 17.1 Å². The smallest absolute Gasteiger partial charge is 0.271 e. The highest BCUT2D eigenvalue weighted by Gasteiger charge is 2.11. The third-order valence-electron chi connectivity index (χ3n) is 3.04. The highest BCUT2D eigenvalue weighted by atomic mass is 79.9. The second-order valence-corrected chi connectivity index (χ2v) is 6.17. The van der Waals surface area contributed by atoms with Crippen LogP contribution in [0.15, 0.2) is 52.0 Å². The zero-order valence-corrected chi connectivity index (χ0v) is 15.3. The highest BCUT2D eigenvalue weighted by Crippen LogP contribution is 2.30. The summed E-state index contributed by atoms with van der Waals surface area (Å²) in [7, 11) is 1.58. The Hall–Kier alpha value is -2.34. The van der Waals surface area contributed by atoms with Crippen molar-refractivity contribution in [2.45, 2.75) is 20.0 Å². The first-order valence-electron chi connectivity index (χ1n) is 7.44. The number of hydrogen-bond acceptors (Lipinski definition) is 4. The molecule has 0 fully saturated rings. The van der Waals surface area contributed by atoms with Crippen molar-refractivity contribution in [2.75, 3.05) is 7.11 Å². The first kappa shape index (κ1) is 18.0. The summed E-state index contributed by atoms with van der Waals surface area (Å²) in [6.07, 6.45) is 1.53. The van der Waals surface area contributed by atoms with Crippen molar-refractivity contribution in [2.24, 2.45) is 5.10 Å². The van der Waals surface area contributed by atoms with Gasteiger partial charge in [-0.1, -0.05) is 28.1 Å². The SMILES string of the molecule is COc1cccc(/C=N\NC(=O)c2cccc(Br)c2)c1OC(C)C. The van der Waals surface area contributed by atoms with E-state index in [1.807, 2.05) is 38.1 Å². The molecule has 0 spiro atoms. The molecule has 5 nitrogen and oxygen atoms in total. The third-order valence-corrected chi connectivity index (χ3v) is 3.53.